The Morgan fingerprint density at radius 2 is 2.05 bits per heavy atom. The average Bonchev–Trinajstić information content (AvgIpc) is 2.94. The van der Waals surface area contributed by atoms with E-state index in [2.05, 4.69) is 15.0 Å². The zero-order chi connectivity index (χ0) is 14.4. The van der Waals surface area contributed by atoms with Crippen LogP contribution in [0.3, 0.4) is 0 Å². The Morgan fingerprint density at radius 1 is 1.30 bits per heavy atom. The van der Waals surface area contributed by atoms with Crippen molar-refractivity contribution in [3.05, 3.63) is 12.7 Å². The van der Waals surface area contributed by atoms with Crippen LogP contribution in [0, 0.1) is 0 Å². The molecule has 9 nitrogen and oxygen atoms in total. The van der Waals surface area contributed by atoms with Gasteiger partial charge in [0, 0.05) is 0 Å². The minimum Gasteiger partial charge on any atom is -0.391 e. The number of nitrogen functional groups attached to an aromatic ring is 1. The molecule has 2 aromatic heterocycles. The fourth-order valence-corrected chi connectivity index (χ4v) is 2.37. The number of anilines is 1. The monoisotopic (exact) mass is 281 g/mol. The van der Waals surface area contributed by atoms with E-state index in [-0.39, 0.29) is 5.82 Å². The number of hydrogen-bond acceptors (Lipinski definition) is 8. The van der Waals surface area contributed by atoms with Crippen LogP contribution in [-0.2, 0) is 4.74 Å². The molecular weight excluding hydrogens is 266 g/mol. The average molecular weight is 281 g/mol. The first kappa shape index (κ1) is 13.2. The lowest BCUT2D eigenvalue weighted by Gasteiger charge is -2.17. The van der Waals surface area contributed by atoms with Crippen molar-refractivity contribution in [2.24, 2.45) is 0 Å². The van der Waals surface area contributed by atoms with Crippen LogP contribution in [0.5, 0.6) is 0 Å². The lowest BCUT2D eigenvalue weighted by atomic mass is 10.1. The van der Waals surface area contributed by atoms with E-state index in [9.17, 15) is 15.3 Å². The maximum absolute atomic E-state index is 10.1. The summed E-state index contributed by atoms with van der Waals surface area (Å²) in [6, 6.07) is 0. The zero-order valence-corrected chi connectivity index (χ0v) is 10.7. The summed E-state index contributed by atoms with van der Waals surface area (Å²) in [6.45, 7) is 1.48. The van der Waals surface area contributed by atoms with Crippen LogP contribution in [0.15, 0.2) is 12.7 Å². The van der Waals surface area contributed by atoms with Crippen molar-refractivity contribution in [1.82, 2.24) is 19.5 Å². The van der Waals surface area contributed by atoms with E-state index in [1.807, 2.05) is 0 Å². The van der Waals surface area contributed by atoms with E-state index in [1.54, 1.807) is 0 Å². The molecule has 108 valence electrons. The molecule has 0 aromatic carbocycles. The molecule has 3 rings (SSSR count). The van der Waals surface area contributed by atoms with Gasteiger partial charge in [0.1, 0.15) is 30.2 Å². The predicted molar refractivity (Wildman–Crippen MR) is 67.3 cm³/mol. The smallest absolute Gasteiger partial charge is 0.167 e. The third-order valence-corrected chi connectivity index (χ3v) is 3.41. The summed E-state index contributed by atoms with van der Waals surface area (Å²) in [5.41, 5.74) is 6.46. The molecular formula is C11H15N5O4. The molecule has 1 aliphatic heterocycles. The number of nitrogens with zero attached hydrogens (tertiary/aromatic N) is 4. The lowest BCUT2D eigenvalue weighted by Crippen LogP contribution is -2.37. The van der Waals surface area contributed by atoms with Crippen molar-refractivity contribution >= 4 is 17.0 Å². The Hall–Kier alpha value is -1.81. The maximum Gasteiger partial charge on any atom is 0.167 e. The van der Waals surface area contributed by atoms with Gasteiger partial charge in [-0.05, 0) is 6.92 Å². The molecule has 3 heterocycles. The summed E-state index contributed by atoms with van der Waals surface area (Å²) in [6.07, 6.45) is -2.42. The van der Waals surface area contributed by atoms with Crippen LogP contribution >= 0.6 is 0 Å². The maximum atomic E-state index is 10.1. The first-order valence-electron chi connectivity index (χ1n) is 6.13. The fraction of sp³-hybridized carbons (Fsp3) is 0.545. The SMILES string of the molecule is C[C@H](O)[C@H]1O[C@@H](n2cnc3c(N)ncnc32)C(O)C1O. The topological polar surface area (TPSA) is 140 Å². The van der Waals surface area contributed by atoms with Crippen LogP contribution in [-0.4, -0.2) is 59.3 Å². The van der Waals surface area contributed by atoms with Crippen molar-refractivity contribution in [2.75, 3.05) is 5.73 Å². The quantitative estimate of drug-likeness (QED) is 0.516. The molecule has 20 heavy (non-hydrogen) atoms. The van der Waals surface area contributed by atoms with Crippen molar-refractivity contribution in [2.45, 2.75) is 37.6 Å². The summed E-state index contributed by atoms with van der Waals surface area (Å²) in [5, 5.41) is 29.5. The van der Waals surface area contributed by atoms with Gasteiger partial charge >= 0.3 is 0 Å². The van der Waals surface area contributed by atoms with Crippen molar-refractivity contribution in [3.63, 3.8) is 0 Å². The number of nitrogens with two attached hydrogens (primary N) is 1. The Bertz CT molecular complexity index is 630. The summed E-state index contributed by atoms with van der Waals surface area (Å²) in [5.74, 6) is 0.217. The Balaban J connectivity index is 2.02. The molecule has 1 saturated heterocycles. The Morgan fingerprint density at radius 3 is 2.70 bits per heavy atom. The molecule has 1 fully saturated rings. The first-order valence-corrected chi connectivity index (χ1v) is 6.13. The van der Waals surface area contributed by atoms with Crippen LogP contribution in [0.2, 0.25) is 0 Å². The van der Waals surface area contributed by atoms with Crippen molar-refractivity contribution < 1.29 is 20.1 Å². The molecule has 0 saturated carbocycles. The molecule has 2 unspecified atom stereocenters. The summed E-state index contributed by atoms with van der Waals surface area (Å²) in [4.78, 5) is 11.9. The Kier molecular flexibility index (Phi) is 3.05. The number of rotatable bonds is 2. The normalized spacial score (nSPS) is 31.8. The molecule has 9 heteroatoms. The van der Waals surface area contributed by atoms with Gasteiger partial charge in [-0.25, -0.2) is 15.0 Å². The Labute approximate surface area is 113 Å². The largest absolute Gasteiger partial charge is 0.391 e. The van der Waals surface area contributed by atoms with Crippen LogP contribution in [0.25, 0.3) is 11.2 Å². The van der Waals surface area contributed by atoms with E-state index in [4.69, 9.17) is 10.5 Å². The second-order valence-electron chi connectivity index (χ2n) is 4.80. The molecule has 1 aliphatic rings. The van der Waals surface area contributed by atoms with Gasteiger partial charge < -0.3 is 25.8 Å². The van der Waals surface area contributed by atoms with Gasteiger partial charge in [0.2, 0.25) is 0 Å². The first-order chi connectivity index (χ1) is 9.50. The van der Waals surface area contributed by atoms with E-state index >= 15 is 0 Å². The molecule has 0 bridgehead atoms. The third kappa shape index (κ3) is 1.83. The molecule has 0 amide bonds. The number of fused-ring (bicyclic) bond motifs is 1. The number of aliphatic hydroxyl groups excluding tert-OH is 3. The van der Waals surface area contributed by atoms with E-state index < -0.39 is 30.6 Å². The van der Waals surface area contributed by atoms with Gasteiger partial charge in [-0.2, -0.15) is 0 Å². The van der Waals surface area contributed by atoms with E-state index in [0.29, 0.717) is 11.2 Å². The second-order valence-corrected chi connectivity index (χ2v) is 4.80. The van der Waals surface area contributed by atoms with Crippen molar-refractivity contribution in [1.29, 1.82) is 0 Å². The number of ether oxygens (including phenoxy) is 1. The van der Waals surface area contributed by atoms with Crippen LogP contribution < -0.4 is 5.73 Å². The van der Waals surface area contributed by atoms with E-state index in [1.165, 1.54) is 24.1 Å². The number of aromatic nitrogens is 4. The molecule has 5 N–H and O–H groups in total. The summed E-state index contributed by atoms with van der Waals surface area (Å²) >= 11 is 0. The molecule has 5 atom stereocenters. The lowest BCUT2D eigenvalue weighted by molar-refractivity contribution is -0.0777. The highest BCUT2D eigenvalue weighted by atomic mass is 16.6. The van der Waals surface area contributed by atoms with Crippen LogP contribution in [0.4, 0.5) is 5.82 Å². The second kappa shape index (κ2) is 4.63. The van der Waals surface area contributed by atoms with Crippen molar-refractivity contribution in [3.8, 4) is 0 Å². The highest BCUT2D eigenvalue weighted by Gasteiger charge is 2.46. The van der Waals surface area contributed by atoms with Gasteiger partial charge in [-0.3, -0.25) is 4.57 Å². The zero-order valence-electron chi connectivity index (χ0n) is 10.7. The number of aliphatic hydroxyl groups is 3. The highest BCUT2D eigenvalue weighted by molar-refractivity contribution is 5.81. The number of imidazole rings is 1. The number of hydrogen-bond donors (Lipinski definition) is 4. The van der Waals surface area contributed by atoms with Gasteiger partial charge in [-0.1, -0.05) is 0 Å². The standard InChI is InChI=1S/C11H15N5O4/c1-4(17)8-6(18)7(19)11(20-8)16-3-15-5-9(12)13-2-14-10(5)16/h2-4,6-8,11,17-19H,1H3,(H2,12,13,14)/t4-,6?,7?,8+,11+/m0/s1. The highest BCUT2D eigenvalue weighted by Crippen LogP contribution is 2.33. The fourth-order valence-electron chi connectivity index (χ4n) is 2.37. The molecule has 0 radical (unpaired) electrons. The minimum absolute atomic E-state index is 0.217. The van der Waals surface area contributed by atoms with E-state index in [0.717, 1.165) is 0 Å². The van der Waals surface area contributed by atoms with Gasteiger partial charge in [0.05, 0.1) is 12.4 Å². The molecule has 0 spiro atoms. The van der Waals surface area contributed by atoms with Gasteiger partial charge in [0.25, 0.3) is 0 Å². The third-order valence-electron chi connectivity index (χ3n) is 3.41. The molecule has 0 aliphatic carbocycles. The minimum atomic E-state index is -1.21. The summed E-state index contributed by atoms with van der Waals surface area (Å²) in [7, 11) is 0. The van der Waals surface area contributed by atoms with Crippen LogP contribution in [0.1, 0.15) is 13.2 Å². The summed E-state index contributed by atoms with van der Waals surface area (Å²) < 4.78 is 6.97. The predicted octanol–water partition coefficient (Wildman–Crippen LogP) is -1.59. The van der Waals surface area contributed by atoms with Gasteiger partial charge in [-0.15, -0.1) is 0 Å². The molecule has 2 aromatic rings. The van der Waals surface area contributed by atoms with Gasteiger partial charge in [0.15, 0.2) is 17.7 Å².